The average molecular weight is 250 g/mol. The Balaban J connectivity index is 2.55. The number of halogens is 3. The number of hydrogen-bond acceptors (Lipinski definition) is 2. The maximum atomic E-state index is 12.4. The highest BCUT2D eigenvalue weighted by Gasteiger charge is 2.35. The van der Waals surface area contributed by atoms with Gasteiger partial charge in [-0.15, -0.1) is 0 Å². The third-order valence-corrected chi connectivity index (χ3v) is 3.61. The zero-order valence-electron chi connectivity index (χ0n) is 10.5. The van der Waals surface area contributed by atoms with Gasteiger partial charge in [-0.05, 0) is 24.8 Å². The molecule has 0 amide bonds. The number of rotatable bonds is 4. The summed E-state index contributed by atoms with van der Waals surface area (Å²) in [6, 6.07) is 0. The van der Waals surface area contributed by atoms with Gasteiger partial charge in [-0.1, -0.05) is 19.9 Å². The number of hydrogen-bond donors (Lipinski definition) is 1. The van der Waals surface area contributed by atoms with Gasteiger partial charge in [0.25, 0.3) is 0 Å². The molecule has 0 saturated carbocycles. The lowest BCUT2D eigenvalue weighted by atomic mass is 9.86. The monoisotopic (exact) mass is 250 g/mol. The minimum Gasteiger partial charge on any atom is -0.330 e. The highest BCUT2D eigenvalue weighted by molar-refractivity contribution is 5.13. The second kappa shape index (κ2) is 5.40. The highest BCUT2D eigenvalue weighted by Crippen LogP contribution is 2.31. The predicted molar refractivity (Wildman–Crippen MR) is 62.6 cm³/mol. The maximum absolute atomic E-state index is 12.4. The van der Waals surface area contributed by atoms with E-state index >= 15 is 0 Å². The van der Waals surface area contributed by atoms with Gasteiger partial charge >= 0.3 is 6.18 Å². The Hall–Kier alpha value is -0.550. The Kier molecular flexibility index (Phi) is 4.61. The van der Waals surface area contributed by atoms with Crippen molar-refractivity contribution in [2.24, 2.45) is 11.1 Å². The van der Waals surface area contributed by atoms with Crippen molar-refractivity contribution in [3.8, 4) is 0 Å². The van der Waals surface area contributed by atoms with E-state index in [1.807, 2.05) is 4.90 Å². The van der Waals surface area contributed by atoms with Crippen molar-refractivity contribution < 1.29 is 13.2 Å². The SMILES string of the molecule is CCC(C)(CN)CN1CC=C(C(F)(F)F)CC1. The quantitative estimate of drug-likeness (QED) is 0.777. The lowest BCUT2D eigenvalue weighted by molar-refractivity contribution is -0.0962. The molecule has 100 valence electrons. The lowest BCUT2D eigenvalue weighted by Crippen LogP contribution is -2.42. The summed E-state index contributed by atoms with van der Waals surface area (Å²) in [5.74, 6) is 0. The molecule has 2 nitrogen and oxygen atoms in total. The van der Waals surface area contributed by atoms with Crippen LogP contribution >= 0.6 is 0 Å². The van der Waals surface area contributed by atoms with Crippen LogP contribution in [-0.2, 0) is 0 Å². The summed E-state index contributed by atoms with van der Waals surface area (Å²) in [4.78, 5) is 2.05. The van der Waals surface area contributed by atoms with Gasteiger partial charge in [-0.2, -0.15) is 13.2 Å². The number of alkyl halides is 3. The summed E-state index contributed by atoms with van der Waals surface area (Å²) in [6.45, 7) is 6.33. The molecule has 0 aliphatic carbocycles. The first-order valence-corrected chi connectivity index (χ1v) is 5.99. The molecular weight excluding hydrogens is 229 g/mol. The van der Waals surface area contributed by atoms with E-state index in [2.05, 4.69) is 13.8 Å². The first-order valence-electron chi connectivity index (χ1n) is 5.99. The van der Waals surface area contributed by atoms with Crippen LogP contribution in [0.2, 0.25) is 0 Å². The molecule has 5 heteroatoms. The second-order valence-corrected chi connectivity index (χ2v) is 5.08. The number of nitrogens with zero attached hydrogens (tertiary/aromatic N) is 1. The van der Waals surface area contributed by atoms with Crippen LogP contribution < -0.4 is 5.73 Å². The lowest BCUT2D eigenvalue weighted by Gasteiger charge is -2.35. The highest BCUT2D eigenvalue weighted by atomic mass is 19.4. The predicted octanol–water partition coefficient (Wildman–Crippen LogP) is 2.56. The average Bonchev–Trinajstić information content (AvgIpc) is 2.28. The van der Waals surface area contributed by atoms with Gasteiger partial charge in [0.05, 0.1) is 0 Å². The van der Waals surface area contributed by atoms with E-state index < -0.39 is 6.18 Å². The topological polar surface area (TPSA) is 29.3 Å². The molecule has 1 aliphatic heterocycles. The zero-order valence-corrected chi connectivity index (χ0v) is 10.5. The van der Waals surface area contributed by atoms with Crippen LogP contribution in [0, 0.1) is 5.41 Å². The van der Waals surface area contributed by atoms with Crippen molar-refractivity contribution in [3.05, 3.63) is 11.6 Å². The maximum Gasteiger partial charge on any atom is 0.412 e. The summed E-state index contributed by atoms with van der Waals surface area (Å²) >= 11 is 0. The summed E-state index contributed by atoms with van der Waals surface area (Å²) in [7, 11) is 0. The van der Waals surface area contributed by atoms with Crippen LogP contribution in [-0.4, -0.2) is 37.3 Å². The van der Waals surface area contributed by atoms with Crippen LogP contribution in [0.4, 0.5) is 13.2 Å². The van der Waals surface area contributed by atoms with Crippen LogP contribution in [0.5, 0.6) is 0 Å². The largest absolute Gasteiger partial charge is 0.412 e. The van der Waals surface area contributed by atoms with Crippen molar-refractivity contribution in [2.45, 2.75) is 32.9 Å². The van der Waals surface area contributed by atoms with E-state index in [0.717, 1.165) is 13.0 Å². The van der Waals surface area contributed by atoms with Crippen LogP contribution in [0.1, 0.15) is 26.7 Å². The van der Waals surface area contributed by atoms with Crippen molar-refractivity contribution >= 4 is 0 Å². The van der Waals surface area contributed by atoms with Crippen molar-refractivity contribution in [2.75, 3.05) is 26.2 Å². The molecule has 17 heavy (non-hydrogen) atoms. The van der Waals surface area contributed by atoms with Crippen LogP contribution in [0.3, 0.4) is 0 Å². The third kappa shape index (κ3) is 4.00. The molecule has 0 aromatic rings. The standard InChI is InChI=1S/C12H21F3N2/c1-3-11(2,8-16)9-17-6-4-10(5-7-17)12(13,14)15/h4H,3,5-9,16H2,1-2H3. The minimum absolute atomic E-state index is 0.00355. The third-order valence-electron chi connectivity index (χ3n) is 3.61. The molecule has 1 unspecified atom stereocenters. The summed E-state index contributed by atoms with van der Waals surface area (Å²) in [6.07, 6.45) is -1.83. The molecule has 0 fully saturated rings. The second-order valence-electron chi connectivity index (χ2n) is 5.08. The van der Waals surface area contributed by atoms with E-state index in [4.69, 9.17) is 5.73 Å². The summed E-state index contributed by atoms with van der Waals surface area (Å²) < 4.78 is 37.3. The molecule has 0 bridgehead atoms. The Bertz CT molecular complexity index is 280. The van der Waals surface area contributed by atoms with Gasteiger partial charge in [-0.3, -0.25) is 4.90 Å². The van der Waals surface area contributed by atoms with Gasteiger partial charge < -0.3 is 5.73 Å². The molecule has 0 aromatic heterocycles. The Morgan fingerprint density at radius 2 is 2.06 bits per heavy atom. The molecule has 1 rings (SSSR count). The summed E-state index contributed by atoms with van der Waals surface area (Å²) in [5.41, 5.74) is 5.32. The van der Waals surface area contributed by atoms with Gasteiger partial charge in [-0.25, -0.2) is 0 Å². The fourth-order valence-electron chi connectivity index (χ4n) is 1.97. The fraction of sp³-hybridized carbons (Fsp3) is 0.833. The minimum atomic E-state index is -4.16. The van der Waals surface area contributed by atoms with Gasteiger partial charge in [0.2, 0.25) is 0 Å². The molecule has 1 aliphatic rings. The van der Waals surface area contributed by atoms with Crippen molar-refractivity contribution in [1.29, 1.82) is 0 Å². The molecule has 0 radical (unpaired) electrons. The molecule has 0 spiro atoms. The van der Waals surface area contributed by atoms with E-state index in [-0.39, 0.29) is 17.4 Å². The normalized spacial score (nSPS) is 22.1. The summed E-state index contributed by atoms with van der Waals surface area (Å²) in [5, 5.41) is 0. The van der Waals surface area contributed by atoms with Gasteiger partial charge in [0, 0.05) is 25.2 Å². The molecule has 1 atom stereocenters. The van der Waals surface area contributed by atoms with Crippen LogP contribution in [0.25, 0.3) is 0 Å². The first kappa shape index (κ1) is 14.5. The zero-order chi connectivity index (χ0) is 13.1. The molecule has 0 aromatic carbocycles. The molecule has 2 N–H and O–H groups in total. The fourth-order valence-corrected chi connectivity index (χ4v) is 1.97. The van der Waals surface area contributed by atoms with Gasteiger partial charge in [0.1, 0.15) is 0 Å². The molecule has 0 saturated heterocycles. The van der Waals surface area contributed by atoms with Crippen LogP contribution in [0.15, 0.2) is 11.6 Å². The van der Waals surface area contributed by atoms with E-state index in [1.54, 1.807) is 0 Å². The smallest absolute Gasteiger partial charge is 0.330 e. The Labute approximate surface area is 101 Å². The first-order chi connectivity index (χ1) is 7.80. The number of nitrogens with two attached hydrogens (primary N) is 1. The van der Waals surface area contributed by atoms with E-state index in [1.165, 1.54) is 6.08 Å². The van der Waals surface area contributed by atoms with Crippen molar-refractivity contribution in [1.82, 2.24) is 4.90 Å². The Morgan fingerprint density at radius 3 is 2.41 bits per heavy atom. The molecule has 1 heterocycles. The van der Waals surface area contributed by atoms with E-state index in [9.17, 15) is 13.2 Å². The van der Waals surface area contributed by atoms with Crippen molar-refractivity contribution in [3.63, 3.8) is 0 Å². The Morgan fingerprint density at radius 1 is 1.41 bits per heavy atom. The van der Waals surface area contributed by atoms with Gasteiger partial charge in [0.15, 0.2) is 0 Å². The molecular formula is C12H21F3N2. The van der Waals surface area contributed by atoms with E-state index in [0.29, 0.717) is 19.6 Å².